The van der Waals surface area contributed by atoms with Crippen molar-refractivity contribution in [2.75, 3.05) is 7.05 Å². The van der Waals surface area contributed by atoms with Crippen molar-refractivity contribution < 1.29 is 4.79 Å². The van der Waals surface area contributed by atoms with Crippen molar-refractivity contribution in [2.24, 2.45) is 11.1 Å². The van der Waals surface area contributed by atoms with Gasteiger partial charge in [-0.25, -0.2) is 0 Å². The van der Waals surface area contributed by atoms with Gasteiger partial charge in [0.2, 0.25) is 5.91 Å². The van der Waals surface area contributed by atoms with Crippen molar-refractivity contribution in [1.82, 2.24) is 4.90 Å². The summed E-state index contributed by atoms with van der Waals surface area (Å²) >= 11 is 0. The fourth-order valence-electron chi connectivity index (χ4n) is 2.50. The highest BCUT2D eigenvalue weighted by molar-refractivity contribution is 5.86. The van der Waals surface area contributed by atoms with Gasteiger partial charge in [0.25, 0.3) is 0 Å². The van der Waals surface area contributed by atoms with Crippen LogP contribution in [0.25, 0.3) is 0 Å². The Bertz CT molecular complexity index is 274. The van der Waals surface area contributed by atoms with E-state index in [4.69, 9.17) is 5.73 Å². The van der Waals surface area contributed by atoms with E-state index < -0.39 is 5.54 Å². The van der Waals surface area contributed by atoms with Crippen LogP contribution in [0.4, 0.5) is 0 Å². The summed E-state index contributed by atoms with van der Waals surface area (Å²) in [6.45, 7) is 8.58. The van der Waals surface area contributed by atoms with E-state index in [-0.39, 0.29) is 17.4 Å². The minimum absolute atomic E-state index is 0.0927. The van der Waals surface area contributed by atoms with Gasteiger partial charge in [-0.15, -0.1) is 0 Å². The van der Waals surface area contributed by atoms with Crippen molar-refractivity contribution >= 4 is 5.91 Å². The van der Waals surface area contributed by atoms with Crippen LogP contribution in [-0.2, 0) is 4.79 Å². The highest BCUT2D eigenvalue weighted by atomic mass is 16.2. The monoisotopic (exact) mass is 240 g/mol. The number of likely N-dealkylation sites (N-methyl/N-ethyl adjacent to an activating group) is 1. The first-order valence-corrected chi connectivity index (χ1v) is 6.74. The van der Waals surface area contributed by atoms with Crippen LogP contribution in [0.2, 0.25) is 0 Å². The van der Waals surface area contributed by atoms with Crippen LogP contribution in [0, 0.1) is 5.41 Å². The highest BCUT2D eigenvalue weighted by Crippen LogP contribution is 2.30. The molecule has 1 rings (SSSR count). The first-order valence-electron chi connectivity index (χ1n) is 6.74. The molecule has 0 heterocycles. The summed E-state index contributed by atoms with van der Waals surface area (Å²) in [5.74, 6) is 0.125. The molecule has 0 radical (unpaired) electrons. The predicted molar refractivity (Wildman–Crippen MR) is 71.7 cm³/mol. The Hall–Kier alpha value is -0.570. The molecule has 0 aromatic rings. The van der Waals surface area contributed by atoms with Crippen LogP contribution in [0.3, 0.4) is 0 Å². The summed E-state index contributed by atoms with van der Waals surface area (Å²) in [6, 6.07) is 0.206. The second kappa shape index (κ2) is 4.97. The first kappa shape index (κ1) is 14.5. The minimum Gasteiger partial charge on any atom is -0.341 e. The van der Waals surface area contributed by atoms with E-state index in [0.717, 1.165) is 25.7 Å². The third kappa shape index (κ3) is 3.21. The molecular weight excluding hydrogens is 212 g/mol. The lowest BCUT2D eigenvalue weighted by Gasteiger charge is -2.41. The minimum atomic E-state index is -0.605. The fraction of sp³-hybridized carbons (Fsp3) is 0.929. The number of carbonyl (C=O) groups is 1. The largest absolute Gasteiger partial charge is 0.341 e. The Morgan fingerprint density at radius 2 is 1.71 bits per heavy atom. The van der Waals surface area contributed by atoms with Gasteiger partial charge in [0.15, 0.2) is 0 Å². The van der Waals surface area contributed by atoms with Gasteiger partial charge in [-0.1, -0.05) is 40.0 Å². The van der Waals surface area contributed by atoms with Gasteiger partial charge in [-0.3, -0.25) is 4.79 Å². The predicted octanol–water partition coefficient (Wildman–Crippen LogP) is 2.54. The molecule has 0 aliphatic heterocycles. The van der Waals surface area contributed by atoms with Gasteiger partial charge < -0.3 is 10.6 Å². The molecule has 3 heteroatoms. The molecule has 1 amide bonds. The standard InChI is InChI=1S/C14H28N2O/c1-11(13(2,3)4)16(5)12(17)14(15)9-7-6-8-10-14/h11H,6-10,15H2,1-5H3. The Kier molecular flexibility index (Phi) is 4.23. The molecule has 0 aromatic heterocycles. The molecule has 0 aromatic carbocycles. The van der Waals surface area contributed by atoms with Crippen LogP contribution in [-0.4, -0.2) is 29.4 Å². The van der Waals surface area contributed by atoms with E-state index in [1.54, 1.807) is 0 Å². The van der Waals surface area contributed by atoms with E-state index in [9.17, 15) is 4.79 Å². The lowest BCUT2D eigenvalue weighted by atomic mass is 9.80. The quantitative estimate of drug-likeness (QED) is 0.806. The topological polar surface area (TPSA) is 46.3 Å². The average molecular weight is 240 g/mol. The summed E-state index contributed by atoms with van der Waals surface area (Å²) in [5, 5.41) is 0. The number of nitrogens with zero attached hydrogens (tertiary/aromatic N) is 1. The SMILES string of the molecule is CC(N(C)C(=O)C1(N)CCCCC1)C(C)(C)C. The lowest BCUT2D eigenvalue weighted by Crippen LogP contribution is -2.58. The van der Waals surface area contributed by atoms with E-state index >= 15 is 0 Å². The molecule has 0 bridgehead atoms. The fourth-order valence-corrected chi connectivity index (χ4v) is 2.50. The van der Waals surface area contributed by atoms with Gasteiger partial charge in [-0.05, 0) is 25.2 Å². The molecule has 1 atom stereocenters. The van der Waals surface area contributed by atoms with Gasteiger partial charge in [0, 0.05) is 13.1 Å². The maximum Gasteiger partial charge on any atom is 0.242 e. The van der Waals surface area contributed by atoms with Gasteiger partial charge >= 0.3 is 0 Å². The Morgan fingerprint density at radius 1 is 1.24 bits per heavy atom. The summed E-state index contributed by atoms with van der Waals surface area (Å²) in [4.78, 5) is 14.4. The third-order valence-corrected chi connectivity index (χ3v) is 4.33. The molecule has 1 saturated carbocycles. The normalized spacial score (nSPS) is 22.0. The first-order chi connectivity index (χ1) is 7.68. The molecule has 1 aliphatic rings. The van der Waals surface area contributed by atoms with E-state index in [2.05, 4.69) is 27.7 Å². The summed E-state index contributed by atoms with van der Waals surface area (Å²) in [6.07, 6.45) is 5.06. The Morgan fingerprint density at radius 3 is 2.12 bits per heavy atom. The zero-order valence-electron chi connectivity index (χ0n) is 12.0. The molecular formula is C14H28N2O. The van der Waals surface area contributed by atoms with Crippen LogP contribution >= 0.6 is 0 Å². The second-order valence-electron chi connectivity index (χ2n) is 6.67. The van der Waals surface area contributed by atoms with E-state index in [1.807, 2.05) is 11.9 Å². The zero-order chi connectivity index (χ0) is 13.3. The third-order valence-electron chi connectivity index (χ3n) is 4.33. The number of amides is 1. The number of nitrogens with two attached hydrogens (primary N) is 1. The maximum absolute atomic E-state index is 12.5. The molecule has 3 nitrogen and oxygen atoms in total. The van der Waals surface area contributed by atoms with Crippen molar-refractivity contribution in [3.63, 3.8) is 0 Å². The summed E-state index contributed by atoms with van der Waals surface area (Å²) in [5.41, 5.74) is 5.78. The average Bonchev–Trinajstić information content (AvgIpc) is 2.26. The Labute approximate surface area is 106 Å². The smallest absolute Gasteiger partial charge is 0.242 e. The van der Waals surface area contributed by atoms with Gasteiger partial charge in [0.1, 0.15) is 0 Å². The lowest BCUT2D eigenvalue weighted by molar-refractivity contribution is -0.140. The molecule has 17 heavy (non-hydrogen) atoms. The van der Waals surface area contributed by atoms with Crippen LogP contribution in [0.1, 0.15) is 59.8 Å². The number of hydrogen-bond acceptors (Lipinski definition) is 2. The maximum atomic E-state index is 12.5. The van der Waals surface area contributed by atoms with Crippen LogP contribution in [0.15, 0.2) is 0 Å². The van der Waals surface area contributed by atoms with Crippen molar-refractivity contribution in [2.45, 2.75) is 71.4 Å². The Balaban J connectivity index is 2.75. The number of rotatable bonds is 2. The summed E-state index contributed by atoms with van der Waals surface area (Å²) < 4.78 is 0. The van der Waals surface area contributed by atoms with Crippen molar-refractivity contribution in [1.29, 1.82) is 0 Å². The summed E-state index contributed by atoms with van der Waals surface area (Å²) in [7, 11) is 1.89. The molecule has 1 aliphatic carbocycles. The molecule has 2 N–H and O–H groups in total. The zero-order valence-corrected chi connectivity index (χ0v) is 12.0. The van der Waals surface area contributed by atoms with E-state index in [0.29, 0.717) is 0 Å². The van der Waals surface area contributed by atoms with Crippen LogP contribution < -0.4 is 5.73 Å². The van der Waals surface area contributed by atoms with Gasteiger partial charge in [0.05, 0.1) is 5.54 Å². The van der Waals surface area contributed by atoms with Crippen LogP contribution in [0.5, 0.6) is 0 Å². The molecule has 1 unspecified atom stereocenters. The molecule has 1 fully saturated rings. The van der Waals surface area contributed by atoms with Crippen molar-refractivity contribution in [3.8, 4) is 0 Å². The van der Waals surface area contributed by atoms with Crippen molar-refractivity contribution in [3.05, 3.63) is 0 Å². The number of hydrogen-bond donors (Lipinski definition) is 1. The second-order valence-corrected chi connectivity index (χ2v) is 6.67. The van der Waals surface area contributed by atoms with Gasteiger partial charge in [-0.2, -0.15) is 0 Å². The van der Waals surface area contributed by atoms with E-state index in [1.165, 1.54) is 6.42 Å². The molecule has 0 saturated heterocycles. The molecule has 100 valence electrons. The molecule has 0 spiro atoms. The number of carbonyl (C=O) groups excluding carboxylic acids is 1. The highest BCUT2D eigenvalue weighted by Gasteiger charge is 2.40.